The van der Waals surface area contributed by atoms with Gasteiger partial charge in [0.25, 0.3) is 5.91 Å². The fraction of sp³-hybridized carbons (Fsp3) is 0.524. The molecule has 2 aromatic rings. The van der Waals surface area contributed by atoms with Crippen LogP contribution in [-0.2, 0) is 6.61 Å². The van der Waals surface area contributed by atoms with Crippen molar-refractivity contribution in [1.29, 1.82) is 0 Å². The number of rotatable bonds is 7. The van der Waals surface area contributed by atoms with Gasteiger partial charge in [-0.2, -0.15) is 0 Å². The van der Waals surface area contributed by atoms with Crippen LogP contribution in [0.25, 0.3) is 0 Å². The highest BCUT2D eigenvalue weighted by Crippen LogP contribution is 2.29. The summed E-state index contributed by atoms with van der Waals surface area (Å²) in [5.41, 5.74) is 2.29. The number of carbonyl (C=O) groups is 1. The zero-order valence-electron chi connectivity index (χ0n) is 17.1. The van der Waals surface area contributed by atoms with Gasteiger partial charge < -0.3 is 24.2 Å². The number of hydrogen-bond acceptors (Lipinski definition) is 6. The zero-order chi connectivity index (χ0) is 20.1. The van der Waals surface area contributed by atoms with E-state index in [-0.39, 0.29) is 11.9 Å². The number of aryl methyl sites for hydroxylation is 2. The van der Waals surface area contributed by atoms with Crippen molar-refractivity contribution in [1.82, 2.24) is 15.4 Å². The molecule has 0 aliphatic carbocycles. The number of aromatic nitrogens is 1. The quantitative estimate of drug-likeness (QED) is 0.787. The van der Waals surface area contributed by atoms with E-state index < -0.39 is 0 Å². The van der Waals surface area contributed by atoms with E-state index in [0.717, 1.165) is 49.5 Å². The molecule has 3 rings (SSSR count). The summed E-state index contributed by atoms with van der Waals surface area (Å²) < 4.78 is 16.5. The van der Waals surface area contributed by atoms with Crippen molar-refractivity contribution in [3.05, 3.63) is 40.8 Å². The Hall–Kier alpha value is -2.54. The number of likely N-dealkylation sites (tertiary alicyclic amines) is 1. The lowest BCUT2D eigenvalue weighted by molar-refractivity contribution is 0.0912. The smallest absolute Gasteiger partial charge is 0.251 e. The molecule has 1 amide bonds. The number of nitrogens with one attached hydrogen (secondary N) is 1. The molecule has 0 bridgehead atoms. The maximum atomic E-state index is 12.6. The topological polar surface area (TPSA) is 76.8 Å². The van der Waals surface area contributed by atoms with Crippen LogP contribution in [0.4, 0.5) is 0 Å². The van der Waals surface area contributed by atoms with Crippen LogP contribution in [-0.4, -0.2) is 48.7 Å². The number of carbonyl (C=O) groups excluding carboxylic acids is 1. The van der Waals surface area contributed by atoms with Crippen molar-refractivity contribution in [2.45, 2.75) is 46.3 Å². The largest absolute Gasteiger partial charge is 0.493 e. The Kier molecular flexibility index (Phi) is 6.57. The maximum Gasteiger partial charge on any atom is 0.251 e. The first kappa shape index (κ1) is 20.2. The van der Waals surface area contributed by atoms with Crippen molar-refractivity contribution in [2.75, 3.05) is 26.7 Å². The number of amides is 1. The molecule has 1 aliphatic heterocycles. The number of piperidine rings is 1. The Bertz CT molecular complexity index is 790. The van der Waals surface area contributed by atoms with Gasteiger partial charge in [0.15, 0.2) is 11.5 Å². The van der Waals surface area contributed by atoms with Gasteiger partial charge in [-0.15, -0.1) is 0 Å². The maximum absolute atomic E-state index is 12.6. The summed E-state index contributed by atoms with van der Waals surface area (Å²) in [5, 5.41) is 7.07. The third kappa shape index (κ3) is 4.65. The van der Waals surface area contributed by atoms with Gasteiger partial charge in [-0.3, -0.25) is 4.79 Å². The minimum atomic E-state index is -0.0782. The second-order valence-corrected chi connectivity index (χ2v) is 7.14. The Labute approximate surface area is 166 Å². The highest BCUT2D eigenvalue weighted by molar-refractivity contribution is 5.95. The van der Waals surface area contributed by atoms with Crippen molar-refractivity contribution < 1.29 is 18.8 Å². The van der Waals surface area contributed by atoms with E-state index in [0.29, 0.717) is 23.7 Å². The first-order valence-electron chi connectivity index (χ1n) is 9.77. The van der Waals surface area contributed by atoms with Gasteiger partial charge in [0.2, 0.25) is 0 Å². The zero-order valence-corrected chi connectivity index (χ0v) is 17.1. The predicted molar refractivity (Wildman–Crippen MR) is 106 cm³/mol. The first-order valence-corrected chi connectivity index (χ1v) is 9.77. The fourth-order valence-electron chi connectivity index (χ4n) is 3.45. The second kappa shape index (κ2) is 9.10. The lowest BCUT2D eigenvalue weighted by Gasteiger charge is -2.31. The fourth-order valence-corrected chi connectivity index (χ4v) is 3.45. The number of nitrogens with zero attached hydrogens (tertiary/aromatic N) is 2. The van der Waals surface area contributed by atoms with Gasteiger partial charge in [0, 0.05) is 24.7 Å². The molecule has 1 N–H and O–H groups in total. The van der Waals surface area contributed by atoms with E-state index in [1.807, 2.05) is 13.8 Å². The summed E-state index contributed by atoms with van der Waals surface area (Å²) in [6.45, 7) is 9.35. The van der Waals surface area contributed by atoms with Crippen molar-refractivity contribution >= 4 is 5.91 Å². The normalized spacial score (nSPS) is 15.4. The van der Waals surface area contributed by atoms with Gasteiger partial charge in [0.1, 0.15) is 12.4 Å². The van der Waals surface area contributed by atoms with Gasteiger partial charge in [-0.1, -0.05) is 12.1 Å². The van der Waals surface area contributed by atoms with Crippen LogP contribution in [0.15, 0.2) is 22.7 Å². The Morgan fingerprint density at radius 3 is 2.64 bits per heavy atom. The van der Waals surface area contributed by atoms with Crippen LogP contribution in [0.5, 0.6) is 11.5 Å². The lowest BCUT2D eigenvalue weighted by Crippen LogP contribution is -2.44. The van der Waals surface area contributed by atoms with E-state index in [1.54, 1.807) is 25.3 Å². The molecule has 7 nitrogen and oxygen atoms in total. The van der Waals surface area contributed by atoms with Gasteiger partial charge >= 0.3 is 0 Å². The molecule has 1 aromatic carbocycles. The molecule has 0 saturated carbocycles. The Morgan fingerprint density at radius 2 is 2.04 bits per heavy atom. The molecule has 1 saturated heterocycles. The standard InChI is InChI=1S/C21H29N3O4/c1-5-24-10-8-17(9-11-24)22-21(25)16-6-7-19(20(12-16)26-4)27-13-18-14(2)23-28-15(18)3/h6-7,12,17H,5,8-11,13H2,1-4H3,(H,22,25). The van der Waals surface area contributed by atoms with E-state index in [2.05, 4.69) is 22.3 Å². The molecule has 28 heavy (non-hydrogen) atoms. The molecule has 0 unspecified atom stereocenters. The van der Waals surface area contributed by atoms with Crippen molar-refractivity contribution in [2.24, 2.45) is 0 Å². The summed E-state index contributed by atoms with van der Waals surface area (Å²) in [6.07, 6.45) is 1.96. The summed E-state index contributed by atoms with van der Waals surface area (Å²) in [5.74, 6) is 1.77. The van der Waals surface area contributed by atoms with E-state index in [9.17, 15) is 4.79 Å². The molecule has 0 atom stereocenters. The molecule has 0 spiro atoms. The van der Waals surface area contributed by atoms with E-state index in [4.69, 9.17) is 14.0 Å². The summed E-state index contributed by atoms with van der Waals surface area (Å²) >= 11 is 0. The van der Waals surface area contributed by atoms with Gasteiger partial charge in [-0.25, -0.2) is 0 Å². The van der Waals surface area contributed by atoms with Gasteiger partial charge in [-0.05, 0) is 51.4 Å². The predicted octanol–water partition coefficient (Wildman–Crippen LogP) is 3.09. The average molecular weight is 387 g/mol. The van der Waals surface area contributed by atoms with Crippen LogP contribution < -0.4 is 14.8 Å². The number of benzene rings is 1. The van der Waals surface area contributed by atoms with Crippen LogP contribution in [0.2, 0.25) is 0 Å². The van der Waals surface area contributed by atoms with E-state index >= 15 is 0 Å². The molecule has 0 radical (unpaired) electrons. The van der Waals surface area contributed by atoms with Crippen molar-refractivity contribution in [3.63, 3.8) is 0 Å². The third-order valence-corrected chi connectivity index (χ3v) is 5.35. The summed E-state index contributed by atoms with van der Waals surface area (Å²) in [7, 11) is 1.57. The Morgan fingerprint density at radius 1 is 1.29 bits per heavy atom. The number of hydrogen-bond donors (Lipinski definition) is 1. The molecule has 7 heteroatoms. The highest BCUT2D eigenvalue weighted by Gasteiger charge is 2.21. The molecule has 1 fully saturated rings. The first-order chi connectivity index (χ1) is 13.5. The highest BCUT2D eigenvalue weighted by atomic mass is 16.5. The Balaban J connectivity index is 1.63. The van der Waals surface area contributed by atoms with E-state index in [1.165, 1.54) is 0 Å². The molecular weight excluding hydrogens is 358 g/mol. The number of methoxy groups -OCH3 is 1. The molecule has 2 heterocycles. The van der Waals surface area contributed by atoms with Gasteiger partial charge in [0.05, 0.1) is 18.4 Å². The minimum absolute atomic E-state index is 0.0782. The summed E-state index contributed by atoms with van der Waals surface area (Å²) in [4.78, 5) is 15.0. The SMILES string of the molecule is CCN1CCC(NC(=O)c2ccc(OCc3c(C)noc3C)c(OC)c2)CC1. The monoisotopic (exact) mass is 387 g/mol. The third-order valence-electron chi connectivity index (χ3n) is 5.35. The van der Waals surface area contributed by atoms with Crippen LogP contribution in [0.1, 0.15) is 47.1 Å². The lowest BCUT2D eigenvalue weighted by atomic mass is 10.0. The van der Waals surface area contributed by atoms with Crippen LogP contribution in [0.3, 0.4) is 0 Å². The second-order valence-electron chi connectivity index (χ2n) is 7.14. The molecule has 1 aliphatic rings. The average Bonchev–Trinajstić information content (AvgIpc) is 3.04. The van der Waals surface area contributed by atoms with Crippen LogP contribution >= 0.6 is 0 Å². The molecule has 152 valence electrons. The van der Waals surface area contributed by atoms with Crippen LogP contribution in [0, 0.1) is 13.8 Å². The number of ether oxygens (including phenoxy) is 2. The minimum Gasteiger partial charge on any atom is -0.493 e. The molecule has 1 aromatic heterocycles. The molecular formula is C21H29N3O4. The summed E-state index contributed by atoms with van der Waals surface area (Å²) in [6, 6.07) is 5.48. The van der Waals surface area contributed by atoms with Crippen molar-refractivity contribution in [3.8, 4) is 11.5 Å².